The van der Waals surface area contributed by atoms with Crippen LogP contribution in [0.1, 0.15) is 5.56 Å². The van der Waals surface area contributed by atoms with Crippen LogP contribution in [0.5, 0.6) is 0 Å². The molecule has 0 N–H and O–H groups in total. The number of aliphatic imine (C=N–C) groups is 1. The third kappa shape index (κ3) is 3.08. The summed E-state index contributed by atoms with van der Waals surface area (Å²) >= 11 is 1.68. The molecule has 2 aliphatic rings. The van der Waals surface area contributed by atoms with Crippen molar-refractivity contribution in [3.63, 3.8) is 0 Å². The maximum Gasteiger partial charge on any atom is 0.164 e. The molecule has 2 aromatic rings. The van der Waals surface area contributed by atoms with Crippen LogP contribution >= 0.6 is 11.8 Å². The molecule has 4 rings (SSSR count). The number of amidine groups is 1. The van der Waals surface area contributed by atoms with E-state index in [1.165, 1.54) is 5.56 Å². The largest absolute Gasteiger partial charge is 0.315 e. The number of fused-ring (bicyclic) bond motifs is 1. The first-order chi connectivity index (χ1) is 11.6. The Bertz CT molecular complexity index is 851. The molecule has 0 spiro atoms. The summed E-state index contributed by atoms with van der Waals surface area (Å²) in [7, 11) is -2.99. The van der Waals surface area contributed by atoms with Gasteiger partial charge in [0.05, 0.1) is 23.6 Å². The molecule has 24 heavy (non-hydrogen) atoms. The summed E-state index contributed by atoms with van der Waals surface area (Å²) in [4.78, 5) is 6.86. The van der Waals surface area contributed by atoms with Gasteiger partial charge in [0.2, 0.25) is 0 Å². The van der Waals surface area contributed by atoms with Crippen molar-refractivity contribution in [2.24, 2.45) is 4.99 Å². The highest BCUT2D eigenvalue weighted by Gasteiger charge is 2.47. The van der Waals surface area contributed by atoms with Crippen molar-refractivity contribution in [2.45, 2.75) is 17.8 Å². The first-order valence-corrected chi connectivity index (χ1v) is 10.7. The topological polar surface area (TPSA) is 49.7 Å². The Balaban J connectivity index is 1.61. The van der Waals surface area contributed by atoms with Gasteiger partial charge < -0.3 is 4.90 Å². The summed E-state index contributed by atoms with van der Waals surface area (Å²) in [6.07, 6.45) is 0. The van der Waals surface area contributed by atoms with Gasteiger partial charge in [-0.1, -0.05) is 60.3 Å². The van der Waals surface area contributed by atoms with Crippen LogP contribution in [0.15, 0.2) is 65.7 Å². The first kappa shape index (κ1) is 15.7. The summed E-state index contributed by atoms with van der Waals surface area (Å²) in [5.74, 6) is 1.18. The van der Waals surface area contributed by atoms with E-state index in [1.807, 2.05) is 48.5 Å². The van der Waals surface area contributed by atoms with E-state index < -0.39 is 9.84 Å². The summed E-state index contributed by atoms with van der Waals surface area (Å²) in [5, 5.41) is 0.926. The molecule has 0 amide bonds. The second-order valence-electron chi connectivity index (χ2n) is 6.10. The summed E-state index contributed by atoms with van der Waals surface area (Å²) < 4.78 is 24.0. The molecule has 2 aromatic carbocycles. The standard InChI is InChI=1S/C18H18N2O2S2/c21-24(22)12-16-17(13-24)20(15-9-5-2-6-10-15)18(19-16)23-11-14-7-3-1-4-8-14/h1-10,16-17H,11-13H2/t16-,17-/m0/s1. The molecule has 2 atom stereocenters. The number of nitrogens with zero attached hydrogens (tertiary/aromatic N) is 2. The van der Waals surface area contributed by atoms with Gasteiger partial charge in [-0.15, -0.1) is 0 Å². The van der Waals surface area contributed by atoms with E-state index in [0.717, 1.165) is 16.6 Å². The lowest BCUT2D eigenvalue weighted by Gasteiger charge is -2.26. The lowest BCUT2D eigenvalue weighted by atomic mass is 10.1. The van der Waals surface area contributed by atoms with Crippen LogP contribution in [0.4, 0.5) is 5.69 Å². The van der Waals surface area contributed by atoms with Gasteiger partial charge in [-0.2, -0.15) is 0 Å². The number of rotatable bonds is 3. The summed E-state index contributed by atoms with van der Waals surface area (Å²) in [6.45, 7) is 0. The Kier molecular flexibility index (Phi) is 4.10. The van der Waals surface area contributed by atoms with Crippen molar-refractivity contribution < 1.29 is 8.42 Å². The molecule has 2 aliphatic heterocycles. The van der Waals surface area contributed by atoms with Crippen molar-refractivity contribution in [1.29, 1.82) is 0 Å². The van der Waals surface area contributed by atoms with Crippen molar-refractivity contribution in [1.82, 2.24) is 0 Å². The zero-order chi connectivity index (χ0) is 16.6. The Morgan fingerprint density at radius 3 is 2.38 bits per heavy atom. The van der Waals surface area contributed by atoms with E-state index in [9.17, 15) is 8.42 Å². The van der Waals surface area contributed by atoms with Crippen molar-refractivity contribution in [2.75, 3.05) is 16.4 Å². The quantitative estimate of drug-likeness (QED) is 0.846. The molecule has 0 saturated carbocycles. The number of anilines is 1. The summed E-state index contributed by atoms with van der Waals surface area (Å²) in [6, 6.07) is 20.0. The van der Waals surface area contributed by atoms with E-state index >= 15 is 0 Å². The molecule has 1 fully saturated rings. The van der Waals surface area contributed by atoms with Crippen LogP contribution in [0.3, 0.4) is 0 Å². The average molecular weight is 358 g/mol. The predicted molar refractivity (Wildman–Crippen MR) is 100 cm³/mol. The fourth-order valence-corrected chi connectivity index (χ4v) is 6.17. The minimum absolute atomic E-state index is 0.0735. The molecule has 2 heterocycles. The third-order valence-corrected chi connectivity index (χ3v) is 7.09. The fourth-order valence-electron chi connectivity index (χ4n) is 3.25. The molecule has 0 aliphatic carbocycles. The number of hydrogen-bond donors (Lipinski definition) is 0. The maximum atomic E-state index is 12.0. The van der Waals surface area contributed by atoms with Gasteiger partial charge in [-0.05, 0) is 17.7 Å². The zero-order valence-corrected chi connectivity index (χ0v) is 14.7. The highest BCUT2D eigenvalue weighted by Crippen LogP contribution is 2.35. The Hall–Kier alpha value is -1.79. The Labute approximate surface area is 146 Å². The normalized spacial score (nSPS) is 24.7. The monoisotopic (exact) mass is 358 g/mol. The molecule has 0 aromatic heterocycles. The second kappa shape index (κ2) is 6.26. The van der Waals surface area contributed by atoms with Crippen LogP contribution in [-0.4, -0.2) is 37.2 Å². The lowest BCUT2D eigenvalue weighted by molar-refractivity contribution is 0.601. The first-order valence-electron chi connectivity index (χ1n) is 7.92. The molecule has 0 unspecified atom stereocenters. The van der Waals surface area contributed by atoms with Crippen LogP contribution in [-0.2, 0) is 15.6 Å². The van der Waals surface area contributed by atoms with E-state index in [-0.39, 0.29) is 23.6 Å². The van der Waals surface area contributed by atoms with E-state index in [1.54, 1.807) is 11.8 Å². The Morgan fingerprint density at radius 2 is 1.67 bits per heavy atom. The molecule has 1 saturated heterocycles. The third-order valence-electron chi connectivity index (χ3n) is 4.35. The van der Waals surface area contributed by atoms with E-state index in [4.69, 9.17) is 4.99 Å². The van der Waals surface area contributed by atoms with E-state index in [0.29, 0.717) is 0 Å². The predicted octanol–water partition coefficient (Wildman–Crippen LogP) is 2.96. The molecule has 124 valence electrons. The fraction of sp³-hybridized carbons (Fsp3) is 0.278. The molecular formula is C18H18N2O2S2. The van der Waals surface area contributed by atoms with Crippen molar-refractivity contribution >= 4 is 32.5 Å². The SMILES string of the molecule is O=S1(=O)C[C@@H]2N=C(SCc3ccccc3)N(c3ccccc3)[C@H]2C1. The van der Waals surface area contributed by atoms with Crippen molar-refractivity contribution in [3.05, 3.63) is 66.2 Å². The van der Waals surface area contributed by atoms with E-state index in [2.05, 4.69) is 17.0 Å². The molecular weight excluding hydrogens is 340 g/mol. The van der Waals surface area contributed by atoms with Gasteiger partial charge in [0.1, 0.15) is 0 Å². The molecule has 6 heteroatoms. The zero-order valence-electron chi connectivity index (χ0n) is 13.1. The minimum atomic E-state index is -2.99. The van der Waals surface area contributed by atoms with Crippen LogP contribution in [0.25, 0.3) is 0 Å². The number of benzene rings is 2. The van der Waals surface area contributed by atoms with Gasteiger partial charge in [-0.3, -0.25) is 4.99 Å². The van der Waals surface area contributed by atoms with Gasteiger partial charge in [0.25, 0.3) is 0 Å². The molecule has 4 nitrogen and oxygen atoms in total. The van der Waals surface area contributed by atoms with Crippen LogP contribution in [0.2, 0.25) is 0 Å². The highest BCUT2D eigenvalue weighted by molar-refractivity contribution is 8.13. The molecule has 0 radical (unpaired) electrons. The van der Waals surface area contributed by atoms with Crippen LogP contribution < -0.4 is 4.90 Å². The highest BCUT2D eigenvalue weighted by atomic mass is 32.2. The minimum Gasteiger partial charge on any atom is -0.315 e. The molecule has 0 bridgehead atoms. The lowest BCUT2D eigenvalue weighted by Crippen LogP contribution is -2.39. The maximum absolute atomic E-state index is 12.0. The van der Waals surface area contributed by atoms with Crippen molar-refractivity contribution in [3.8, 4) is 0 Å². The number of sulfone groups is 1. The van der Waals surface area contributed by atoms with Gasteiger partial charge in [0.15, 0.2) is 15.0 Å². The second-order valence-corrected chi connectivity index (χ2v) is 9.20. The van der Waals surface area contributed by atoms with Gasteiger partial charge in [-0.25, -0.2) is 8.42 Å². The smallest absolute Gasteiger partial charge is 0.164 e. The van der Waals surface area contributed by atoms with Gasteiger partial charge in [0, 0.05) is 11.4 Å². The number of para-hydroxylation sites is 1. The average Bonchev–Trinajstić information content (AvgIpc) is 3.05. The summed E-state index contributed by atoms with van der Waals surface area (Å²) in [5.41, 5.74) is 2.25. The number of hydrogen-bond acceptors (Lipinski definition) is 5. The number of thioether (sulfide) groups is 1. The Morgan fingerprint density at radius 1 is 1.00 bits per heavy atom. The van der Waals surface area contributed by atoms with Gasteiger partial charge >= 0.3 is 0 Å². The van der Waals surface area contributed by atoms with Crippen LogP contribution in [0, 0.1) is 0 Å².